The molecule has 0 saturated heterocycles. The number of likely N-dealkylation sites (N-methyl/N-ethyl adjacent to an activating group) is 1. The Labute approximate surface area is 191 Å². The second-order valence-electron chi connectivity index (χ2n) is 10.4. The fraction of sp³-hybridized carbons (Fsp3) is 0.708. The maximum Gasteiger partial charge on any atom is 0.306 e. The molecular weight excluding hydrogens is 414 g/mol. The number of carbonyl (C=O) groups excluding carboxylic acids is 1. The summed E-state index contributed by atoms with van der Waals surface area (Å²) in [5.74, 6) is -0.295. The first-order chi connectivity index (χ1) is 14.6. The van der Waals surface area contributed by atoms with Crippen LogP contribution in [0.15, 0.2) is 12.1 Å². The first kappa shape index (κ1) is 28.3. The van der Waals surface area contributed by atoms with Gasteiger partial charge in [0.2, 0.25) is 0 Å². The van der Waals surface area contributed by atoms with Gasteiger partial charge in [-0.25, -0.2) is 0 Å². The van der Waals surface area contributed by atoms with E-state index in [4.69, 9.17) is 4.74 Å². The lowest BCUT2D eigenvalue weighted by Crippen LogP contribution is -2.49. The molecule has 0 amide bonds. The summed E-state index contributed by atoms with van der Waals surface area (Å²) in [7, 11) is 1.57. The molecular formula is C24H41NO7. The summed E-state index contributed by atoms with van der Waals surface area (Å²) < 4.78 is 5.05. The molecule has 1 aromatic carbocycles. The van der Waals surface area contributed by atoms with Crippen LogP contribution in [0.5, 0.6) is 5.75 Å². The fourth-order valence-electron chi connectivity index (χ4n) is 3.36. The number of aryl methyl sites for hydroxylation is 1. The average molecular weight is 456 g/mol. The van der Waals surface area contributed by atoms with Gasteiger partial charge in [-0.2, -0.15) is 0 Å². The number of aliphatic hydroxyl groups is 4. The maximum atomic E-state index is 12.2. The predicted octanol–water partition coefficient (Wildman–Crippen LogP) is 1.13. The monoisotopic (exact) mass is 455 g/mol. The zero-order chi connectivity index (χ0) is 24.9. The number of phenols is 1. The molecule has 1 aromatic rings. The van der Waals surface area contributed by atoms with E-state index < -0.39 is 37.0 Å². The third kappa shape index (κ3) is 8.01. The van der Waals surface area contributed by atoms with Crippen LogP contribution in [-0.4, -0.2) is 76.1 Å². The minimum atomic E-state index is -1.66. The minimum Gasteiger partial charge on any atom is -0.507 e. The number of rotatable bonds is 10. The molecule has 1 rings (SSSR count). The van der Waals surface area contributed by atoms with Gasteiger partial charge in [0.05, 0.1) is 6.10 Å². The molecule has 0 heterocycles. The van der Waals surface area contributed by atoms with Gasteiger partial charge in [-0.15, -0.1) is 0 Å². The summed E-state index contributed by atoms with van der Waals surface area (Å²) >= 11 is 0. The van der Waals surface area contributed by atoms with Crippen molar-refractivity contribution >= 4 is 5.97 Å². The summed E-state index contributed by atoms with van der Waals surface area (Å²) in [5, 5.41) is 52.9. The van der Waals surface area contributed by atoms with Crippen molar-refractivity contribution in [1.29, 1.82) is 0 Å². The van der Waals surface area contributed by atoms with Crippen LogP contribution in [0.2, 0.25) is 0 Å². The summed E-state index contributed by atoms with van der Waals surface area (Å²) in [5.41, 5.74) is 1.95. The number of esters is 1. The van der Waals surface area contributed by atoms with Crippen LogP contribution in [0.25, 0.3) is 0 Å². The predicted molar refractivity (Wildman–Crippen MR) is 123 cm³/mol. The number of hydrogen-bond donors (Lipinski definition) is 6. The Kier molecular flexibility index (Phi) is 10.1. The molecule has 0 unspecified atom stereocenters. The highest BCUT2D eigenvalue weighted by Gasteiger charge is 2.31. The average Bonchev–Trinajstić information content (AvgIpc) is 2.68. The number of phenolic OH excluding ortho intramolecular Hbond substituents is 1. The second-order valence-corrected chi connectivity index (χ2v) is 10.4. The molecule has 8 nitrogen and oxygen atoms in total. The highest BCUT2D eigenvalue weighted by Crippen LogP contribution is 2.40. The van der Waals surface area contributed by atoms with Crippen LogP contribution >= 0.6 is 0 Å². The maximum absolute atomic E-state index is 12.2. The van der Waals surface area contributed by atoms with Crippen molar-refractivity contribution < 1.29 is 35.1 Å². The van der Waals surface area contributed by atoms with Gasteiger partial charge in [0.1, 0.15) is 30.7 Å². The van der Waals surface area contributed by atoms with Crippen molar-refractivity contribution in [2.24, 2.45) is 0 Å². The zero-order valence-electron chi connectivity index (χ0n) is 20.3. The molecule has 4 atom stereocenters. The van der Waals surface area contributed by atoms with Crippen LogP contribution in [0.3, 0.4) is 0 Å². The van der Waals surface area contributed by atoms with Crippen molar-refractivity contribution in [2.75, 3.05) is 20.2 Å². The highest BCUT2D eigenvalue weighted by atomic mass is 16.5. The van der Waals surface area contributed by atoms with Crippen molar-refractivity contribution in [3.8, 4) is 5.75 Å². The van der Waals surface area contributed by atoms with Crippen LogP contribution in [-0.2, 0) is 26.8 Å². The molecule has 0 radical (unpaired) electrons. The topological polar surface area (TPSA) is 139 Å². The summed E-state index contributed by atoms with van der Waals surface area (Å²) in [6.45, 7) is 11.6. The normalized spacial score (nSPS) is 16.3. The van der Waals surface area contributed by atoms with Crippen molar-refractivity contribution in [2.45, 2.75) is 89.6 Å². The Morgan fingerprint density at radius 2 is 1.41 bits per heavy atom. The fourth-order valence-corrected chi connectivity index (χ4v) is 3.36. The number of aromatic hydroxyl groups is 1. The van der Waals surface area contributed by atoms with Crippen molar-refractivity contribution in [3.05, 3.63) is 28.8 Å². The van der Waals surface area contributed by atoms with Gasteiger partial charge >= 0.3 is 5.97 Å². The van der Waals surface area contributed by atoms with Gasteiger partial charge in [-0.3, -0.25) is 4.79 Å². The number of hydrogen-bond acceptors (Lipinski definition) is 8. The minimum absolute atomic E-state index is 0.0322. The van der Waals surface area contributed by atoms with Crippen molar-refractivity contribution in [3.63, 3.8) is 0 Å². The largest absolute Gasteiger partial charge is 0.507 e. The molecule has 6 N–H and O–H groups in total. The summed E-state index contributed by atoms with van der Waals surface area (Å²) in [6.07, 6.45) is -5.62. The number of nitrogens with one attached hydrogen (secondary N) is 1. The quantitative estimate of drug-likeness (QED) is 0.289. The van der Waals surface area contributed by atoms with E-state index in [2.05, 4.69) is 5.32 Å². The van der Waals surface area contributed by atoms with Gasteiger partial charge in [0.25, 0.3) is 0 Å². The van der Waals surface area contributed by atoms with E-state index in [-0.39, 0.29) is 29.5 Å². The zero-order valence-corrected chi connectivity index (χ0v) is 20.3. The standard InChI is InChI=1S/C24H41NO7/c1-23(2,3)15-10-14(11-16(20(15)29)24(4,5)6)8-9-19(28)32-13-18(27)22(31)21(30)17(26)12-25-7/h10-11,17-18,21-22,25-27,29-31H,8-9,12-13H2,1-7H3/t17-,18-,21-,22-/m0/s1. The Hall–Kier alpha value is -1.71. The third-order valence-corrected chi connectivity index (χ3v) is 5.37. The van der Waals surface area contributed by atoms with Crippen LogP contribution in [0.4, 0.5) is 0 Å². The van der Waals surface area contributed by atoms with Gasteiger partial charge in [0, 0.05) is 13.0 Å². The molecule has 0 aliphatic heterocycles. The molecule has 0 saturated carbocycles. The lowest BCUT2D eigenvalue weighted by molar-refractivity contribution is -0.154. The van der Waals surface area contributed by atoms with E-state index in [0.717, 1.165) is 16.7 Å². The van der Waals surface area contributed by atoms with Gasteiger partial charge in [0.15, 0.2) is 0 Å². The third-order valence-electron chi connectivity index (χ3n) is 5.37. The molecule has 0 aliphatic carbocycles. The Morgan fingerprint density at radius 3 is 1.84 bits per heavy atom. The summed E-state index contributed by atoms with van der Waals surface area (Å²) in [6, 6.07) is 3.80. The van der Waals surface area contributed by atoms with Crippen LogP contribution < -0.4 is 5.32 Å². The first-order valence-corrected chi connectivity index (χ1v) is 11.0. The van der Waals surface area contributed by atoms with E-state index in [1.165, 1.54) is 0 Å². The number of benzene rings is 1. The van der Waals surface area contributed by atoms with E-state index in [9.17, 15) is 30.3 Å². The molecule has 184 valence electrons. The second kappa shape index (κ2) is 11.4. The van der Waals surface area contributed by atoms with E-state index in [0.29, 0.717) is 6.42 Å². The van der Waals surface area contributed by atoms with Gasteiger partial charge in [-0.05, 0) is 41.0 Å². The van der Waals surface area contributed by atoms with E-state index in [1.54, 1.807) is 7.05 Å². The number of carbonyl (C=O) groups is 1. The van der Waals surface area contributed by atoms with Gasteiger partial charge in [-0.1, -0.05) is 53.7 Å². The molecule has 0 bridgehead atoms. The molecule has 0 spiro atoms. The van der Waals surface area contributed by atoms with Crippen LogP contribution in [0.1, 0.15) is 64.7 Å². The Balaban J connectivity index is 2.79. The Morgan fingerprint density at radius 1 is 0.938 bits per heavy atom. The van der Waals surface area contributed by atoms with E-state index >= 15 is 0 Å². The van der Waals surface area contributed by atoms with Gasteiger partial charge < -0.3 is 35.6 Å². The van der Waals surface area contributed by atoms with Crippen molar-refractivity contribution in [1.82, 2.24) is 5.32 Å². The summed E-state index contributed by atoms with van der Waals surface area (Å²) in [4.78, 5) is 12.2. The van der Waals surface area contributed by atoms with Crippen LogP contribution in [0, 0.1) is 0 Å². The SMILES string of the molecule is CNC[C@H](O)[C@H](O)[C@@H](O)[C@@H](O)COC(=O)CCc1cc(C(C)(C)C)c(O)c(C(C)(C)C)c1. The first-order valence-electron chi connectivity index (χ1n) is 11.0. The Bertz CT molecular complexity index is 717. The smallest absolute Gasteiger partial charge is 0.306 e. The lowest BCUT2D eigenvalue weighted by atomic mass is 9.78. The number of aliphatic hydroxyl groups excluding tert-OH is 4. The molecule has 8 heteroatoms. The molecule has 0 aromatic heterocycles. The highest BCUT2D eigenvalue weighted by molar-refractivity contribution is 5.69. The molecule has 0 fully saturated rings. The number of ether oxygens (including phenoxy) is 1. The van der Waals surface area contributed by atoms with E-state index in [1.807, 2.05) is 53.7 Å². The molecule has 32 heavy (non-hydrogen) atoms. The lowest BCUT2D eigenvalue weighted by Gasteiger charge is -2.28. The molecule has 0 aliphatic rings.